The number of likely N-dealkylation sites (N-methyl/N-ethyl adjacent to an activating group) is 1. The van der Waals surface area contributed by atoms with Gasteiger partial charge in [-0.3, -0.25) is 9.59 Å². The molecule has 1 aliphatic rings. The average Bonchev–Trinajstić information content (AvgIpc) is 2.89. The summed E-state index contributed by atoms with van der Waals surface area (Å²) in [6.45, 7) is 2.30. The summed E-state index contributed by atoms with van der Waals surface area (Å²) in [6.07, 6.45) is 0. The van der Waals surface area contributed by atoms with Gasteiger partial charge in [0, 0.05) is 24.0 Å². The van der Waals surface area contributed by atoms with E-state index in [1.54, 1.807) is 7.05 Å². The Labute approximate surface area is 158 Å². The minimum atomic E-state index is -1.14. The zero-order valence-electron chi connectivity index (χ0n) is 14.2. The molecule has 1 aliphatic heterocycles. The molecule has 0 aromatic heterocycles. The second kappa shape index (κ2) is 7.15. The van der Waals surface area contributed by atoms with Gasteiger partial charge in [0.05, 0.1) is 5.69 Å². The Hall–Kier alpha value is -2.28. The van der Waals surface area contributed by atoms with Crippen molar-refractivity contribution in [3.8, 4) is 0 Å². The molecule has 2 aromatic rings. The molecule has 4 nitrogen and oxygen atoms in total. The molecule has 2 amide bonds. The molecule has 0 spiro atoms. The number of carbonyl (C=O) groups excluding carboxylic acids is 2. The summed E-state index contributed by atoms with van der Waals surface area (Å²) in [6, 6.07) is 9.17. The van der Waals surface area contributed by atoms with Gasteiger partial charge in [0.1, 0.15) is 5.92 Å². The van der Waals surface area contributed by atoms with Gasteiger partial charge in [-0.1, -0.05) is 34.1 Å². The van der Waals surface area contributed by atoms with E-state index in [2.05, 4.69) is 21.2 Å². The number of rotatable bonds is 3. The van der Waals surface area contributed by atoms with Gasteiger partial charge in [-0.15, -0.1) is 0 Å². The molecule has 1 fully saturated rings. The third-order valence-corrected chi connectivity index (χ3v) is 5.51. The summed E-state index contributed by atoms with van der Waals surface area (Å²) in [5.74, 6) is -4.55. The van der Waals surface area contributed by atoms with E-state index in [0.29, 0.717) is 6.54 Å². The standard InChI is InChI=1S/C19H17BrF2N2O2/c1-10-8-11(6-7-13(10)20)12-9-24(2)19(26)16(12)18(25)23-15-5-3-4-14(21)17(15)22/h3-8,12,16H,9H2,1-2H3,(H,23,25)/t12-,16+/m1/s1. The number of likely N-dealkylation sites (tertiary alicyclic amines) is 1. The smallest absolute Gasteiger partial charge is 0.237 e. The number of hydrogen-bond acceptors (Lipinski definition) is 2. The van der Waals surface area contributed by atoms with Gasteiger partial charge in [-0.25, -0.2) is 8.78 Å². The zero-order valence-corrected chi connectivity index (χ0v) is 15.8. The van der Waals surface area contributed by atoms with Crippen LogP contribution in [0, 0.1) is 24.5 Å². The molecular formula is C19H17BrF2N2O2. The van der Waals surface area contributed by atoms with Crippen molar-refractivity contribution in [3.05, 3.63) is 63.6 Å². The Kier molecular flexibility index (Phi) is 5.09. The summed E-state index contributed by atoms with van der Waals surface area (Å²) in [5.41, 5.74) is 1.56. The second-order valence-corrected chi connectivity index (χ2v) is 7.26. The normalized spacial score (nSPS) is 19.7. The van der Waals surface area contributed by atoms with Crippen LogP contribution >= 0.6 is 15.9 Å². The number of hydrogen-bond donors (Lipinski definition) is 1. The Bertz CT molecular complexity index is 888. The van der Waals surface area contributed by atoms with E-state index in [4.69, 9.17) is 0 Å². The van der Waals surface area contributed by atoms with Crippen LogP contribution in [0.15, 0.2) is 40.9 Å². The molecule has 2 aromatic carbocycles. The van der Waals surface area contributed by atoms with Crippen molar-refractivity contribution in [2.75, 3.05) is 18.9 Å². The van der Waals surface area contributed by atoms with Crippen molar-refractivity contribution in [1.82, 2.24) is 4.90 Å². The molecule has 0 saturated carbocycles. The molecule has 7 heteroatoms. The van der Waals surface area contributed by atoms with Gasteiger partial charge >= 0.3 is 0 Å². The molecule has 2 atom stereocenters. The first kappa shape index (κ1) is 18.5. The fourth-order valence-electron chi connectivity index (χ4n) is 3.20. The lowest BCUT2D eigenvalue weighted by molar-refractivity contribution is -0.135. The number of benzene rings is 2. The molecule has 0 radical (unpaired) electrons. The van der Waals surface area contributed by atoms with Gasteiger partial charge in [-0.05, 0) is 36.2 Å². The van der Waals surface area contributed by atoms with Crippen LogP contribution in [0.3, 0.4) is 0 Å². The van der Waals surface area contributed by atoms with Crippen molar-refractivity contribution in [2.24, 2.45) is 5.92 Å². The highest BCUT2D eigenvalue weighted by atomic mass is 79.9. The Morgan fingerprint density at radius 1 is 1.27 bits per heavy atom. The van der Waals surface area contributed by atoms with Crippen molar-refractivity contribution < 1.29 is 18.4 Å². The molecule has 0 aliphatic carbocycles. The largest absolute Gasteiger partial charge is 0.344 e. The summed E-state index contributed by atoms with van der Waals surface area (Å²) >= 11 is 3.43. The number of amides is 2. The number of aryl methyl sites for hydroxylation is 1. The highest BCUT2D eigenvalue weighted by Crippen LogP contribution is 2.35. The summed E-state index contributed by atoms with van der Waals surface area (Å²) < 4.78 is 28.1. The maximum absolute atomic E-state index is 13.8. The van der Waals surface area contributed by atoms with Gasteiger partial charge < -0.3 is 10.2 Å². The molecule has 1 N–H and O–H groups in total. The number of nitrogens with one attached hydrogen (secondary N) is 1. The topological polar surface area (TPSA) is 49.4 Å². The van der Waals surface area contributed by atoms with E-state index in [1.807, 2.05) is 25.1 Å². The molecule has 136 valence electrons. The fourth-order valence-corrected chi connectivity index (χ4v) is 3.45. The lowest BCUT2D eigenvalue weighted by atomic mass is 9.87. The van der Waals surface area contributed by atoms with Crippen LogP contribution in [0.2, 0.25) is 0 Å². The van der Waals surface area contributed by atoms with Gasteiger partial charge in [-0.2, -0.15) is 0 Å². The highest BCUT2D eigenvalue weighted by Gasteiger charge is 2.44. The van der Waals surface area contributed by atoms with E-state index >= 15 is 0 Å². The summed E-state index contributed by atoms with van der Waals surface area (Å²) in [7, 11) is 1.62. The van der Waals surface area contributed by atoms with Crippen molar-refractivity contribution in [3.63, 3.8) is 0 Å². The molecule has 0 bridgehead atoms. The Morgan fingerprint density at radius 2 is 2.00 bits per heavy atom. The number of nitrogens with zero attached hydrogens (tertiary/aromatic N) is 1. The quantitative estimate of drug-likeness (QED) is 0.763. The number of carbonyl (C=O) groups is 2. The van der Waals surface area contributed by atoms with Gasteiger partial charge in [0.15, 0.2) is 11.6 Å². The van der Waals surface area contributed by atoms with E-state index in [9.17, 15) is 18.4 Å². The first-order chi connectivity index (χ1) is 12.3. The first-order valence-electron chi connectivity index (χ1n) is 8.05. The SMILES string of the molecule is Cc1cc([C@H]2CN(C)C(=O)[C@@H]2C(=O)Nc2cccc(F)c2F)ccc1Br. The lowest BCUT2D eigenvalue weighted by Crippen LogP contribution is -2.33. The van der Waals surface area contributed by atoms with Crippen LogP contribution in [0.4, 0.5) is 14.5 Å². The minimum Gasteiger partial charge on any atom is -0.344 e. The first-order valence-corrected chi connectivity index (χ1v) is 8.84. The van der Waals surface area contributed by atoms with Crippen LogP contribution in [0.1, 0.15) is 17.0 Å². The monoisotopic (exact) mass is 422 g/mol. The molecule has 1 heterocycles. The molecule has 26 heavy (non-hydrogen) atoms. The Morgan fingerprint density at radius 3 is 2.69 bits per heavy atom. The molecular weight excluding hydrogens is 406 g/mol. The Balaban J connectivity index is 1.91. The molecule has 3 rings (SSSR count). The van der Waals surface area contributed by atoms with Crippen molar-refractivity contribution in [2.45, 2.75) is 12.8 Å². The van der Waals surface area contributed by atoms with Crippen LogP contribution in [0.5, 0.6) is 0 Å². The highest BCUT2D eigenvalue weighted by molar-refractivity contribution is 9.10. The summed E-state index contributed by atoms with van der Waals surface area (Å²) in [4.78, 5) is 26.7. The fraction of sp³-hybridized carbons (Fsp3) is 0.263. The van der Waals surface area contributed by atoms with E-state index < -0.39 is 23.5 Å². The average molecular weight is 423 g/mol. The van der Waals surface area contributed by atoms with Crippen LogP contribution in [-0.4, -0.2) is 30.3 Å². The summed E-state index contributed by atoms with van der Waals surface area (Å²) in [5, 5.41) is 2.36. The van der Waals surface area contributed by atoms with E-state index in [-0.39, 0.29) is 17.5 Å². The predicted molar refractivity (Wildman–Crippen MR) is 97.7 cm³/mol. The molecule has 1 saturated heterocycles. The van der Waals surface area contributed by atoms with Crippen molar-refractivity contribution >= 4 is 33.4 Å². The minimum absolute atomic E-state index is 0.275. The molecule has 0 unspecified atom stereocenters. The van der Waals surface area contributed by atoms with Crippen LogP contribution in [0.25, 0.3) is 0 Å². The number of anilines is 1. The van der Waals surface area contributed by atoms with Gasteiger partial charge in [0.2, 0.25) is 11.8 Å². The van der Waals surface area contributed by atoms with E-state index in [1.165, 1.54) is 17.0 Å². The number of halogens is 3. The maximum atomic E-state index is 13.8. The van der Waals surface area contributed by atoms with Crippen LogP contribution < -0.4 is 5.32 Å². The zero-order chi connectivity index (χ0) is 19.0. The maximum Gasteiger partial charge on any atom is 0.237 e. The predicted octanol–water partition coefficient (Wildman–Crippen LogP) is 3.85. The van der Waals surface area contributed by atoms with Gasteiger partial charge in [0.25, 0.3) is 0 Å². The lowest BCUT2D eigenvalue weighted by Gasteiger charge is -2.18. The van der Waals surface area contributed by atoms with Crippen LogP contribution in [-0.2, 0) is 9.59 Å². The van der Waals surface area contributed by atoms with E-state index in [0.717, 1.165) is 21.7 Å². The third-order valence-electron chi connectivity index (χ3n) is 4.62. The second-order valence-electron chi connectivity index (χ2n) is 6.40. The van der Waals surface area contributed by atoms with Crippen molar-refractivity contribution in [1.29, 1.82) is 0 Å². The third kappa shape index (κ3) is 3.35.